The molecule has 9 heteroatoms. The Bertz CT molecular complexity index is 1010. The van der Waals surface area contributed by atoms with Gasteiger partial charge in [-0.25, -0.2) is 18.1 Å². The third-order valence-electron chi connectivity index (χ3n) is 6.38. The number of anilines is 2. The molecule has 0 bridgehead atoms. The normalized spacial score (nSPS) is 18.6. The van der Waals surface area contributed by atoms with Crippen LogP contribution < -0.4 is 14.9 Å². The molecule has 1 amide bonds. The number of halogens is 1. The van der Waals surface area contributed by atoms with Gasteiger partial charge in [-0.2, -0.15) is 0 Å². The van der Waals surface area contributed by atoms with E-state index < -0.39 is 10.9 Å². The zero-order chi connectivity index (χ0) is 21.8. The number of nitrogens with zero attached hydrogens (tertiary/aromatic N) is 2. The number of benzene rings is 1. The average Bonchev–Trinajstić information content (AvgIpc) is 2.76. The smallest absolute Gasteiger partial charge is 0.224 e. The van der Waals surface area contributed by atoms with Crippen molar-refractivity contribution >= 4 is 50.8 Å². The highest BCUT2D eigenvalue weighted by molar-refractivity contribution is 7.70. The van der Waals surface area contributed by atoms with E-state index in [1.807, 2.05) is 18.2 Å². The van der Waals surface area contributed by atoms with Gasteiger partial charge in [-0.05, 0) is 55.9 Å². The molecule has 1 saturated heterocycles. The molecule has 1 aliphatic heterocycles. The fourth-order valence-electron chi connectivity index (χ4n) is 4.70. The van der Waals surface area contributed by atoms with E-state index >= 15 is 0 Å². The van der Waals surface area contributed by atoms with Gasteiger partial charge in [0.2, 0.25) is 16.8 Å². The zero-order valence-corrected chi connectivity index (χ0v) is 19.1. The number of aromatic nitrogens is 1. The summed E-state index contributed by atoms with van der Waals surface area (Å²) in [4.78, 5) is 19.6. The number of piperidine rings is 1. The third kappa shape index (κ3) is 5.67. The summed E-state index contributed by atoms with van der Waals surface area (Å²) in [7, 11) is -2.57. The number of hydrogen-bond acceptors (Lipinski definition) is 5. The molecule has 2 fully saturated rings. The number of hydrogen-bond donors (Lipinski definition) is 3. The number of fused-ring (bicyclic) bond motifs is 1. The Kier molecular flexibility index (Phi) is 7.30. The van der Waals surface area contributed by atoms with Crippen molar-refractivity contribution in [2.45, 2.75) is 57.4 Å². The van der Waals surface area contributed by atoms with E-state index in [2.05, 4.69) is 14.9 Å². The summed E-state index contributed by atoms with van der Waals surface area (Å²) in [5.74, 6) is 1.32. The average molecular weight is 465 g/mol. The molecule has 1 aliphatic carbocycles. The van der Waals surface area contributed by atoms with Gasteiger partial charge < -0.3 is 10.2 Å². The topological polar surface area (TPSA) is 91.4 Å². The van der Waals surface area contributed by atoms with Gasteiger partial charge in [0.25, 0.3) is 0 Å². The fraction of sp³-hybridized carbons (Fsp3) is 0.545. The molecule has 31 heavy (non-hydrogen) atoms. The van der Waals surface area contributed by atoms with Crippen LogP contribution in [0.2, 0.25) is 5.02 Å². The van der Waals surface area contributed by atoms with Crippen molar-refractivity contribution in [2.75, 3.05) is 23.3 Å². The number of carbonyl (C=O) groups excluding carboxylic acids is 1. The lowest BCUT2D eigenvalue weighted by atomic mass is 9.87. The Hall–Kier alpha value is -1.90. The molecule has 4 rings (SSSR count). The Morgan fingerprint density at radius 2 is 1.81 bits per heavy atom. The lowest BCUT2D eigenvalue weighted by Crippen LogP contribution is -2.42. The maximum Gasteiger partial charge on any atom is 0.224 e. The first-order chi connectivity index (χ1) is 15.0. The predicted molar refractivity (Wildman–Crippen MR) is 125 cm³/mol. The van der Waals surface area contributed by atoms with Crippen LogP contribution in [0.3, 0.4) is 0 Å². The van der Waals surface area contributed by atoms with Crippen LogP contribution in [0.4, 0.5) is 11.5 Å². The standard InChI is InChI=1S/C22H29ClN4O3S/c23-18-7-8-19-17(22(18)25-21(28)14-15-4-2-1-3-5-15)6-9-20(24-19)27-12-10-16(11-13-27)26-31(29)30/h6-9,15-16,31H,1-5,10-14H2,(H,25,28)(H,26,29,30). The van der Waals surface area contributed by atoms with Crippen molar-refractivity contribution in [1.29, 1.82) is 0 Å². The molecule has 1 saturated carbocycles. The SMILES string of the molecule is O=C(CC1CCCCC1)Nc1c(Cl)ccc2nc(N3CCC(N[SH](=O)=O)CC3)ccc12. The van der Waals surface area contributed by atoms with E-state index in [1.54, 1.807) is 6.07 Å². The van der Waals surface area contributed by atoms with Gasteiger partial charge in [-0.3, -0.25) is 4.79 Å². The molecule has 0 radical (unpaired) electrons. The number of pyridine rings is 1. The van der Waals surface area contributed by atoms with E-state index in [-0.39, 0.29) is 11.9 Å². The van der Waals surface area contributed by atoms with Gasteiger partial charge in [0.05, 0.1) is 16.2 Å². The first-order valence-corrected chi connectivity index (χ1v) is 12.6. The summed E-state index contributed by atoms with van der Waals surface area (Å²) in [6.07, 6.45) is 7.96. The van der Waals surface area contributed by atoms with Gasteiger partial charge in [-0.15, -0.1) is 0 Å². The quantitative estimate of drug-likeness (QED) is 0.564. The molecular formula is C22H29ClN4O3S. The van der Waals surface area contributed by atoms with Gasteiger partial charge in [-0.1, -0.05) is 30.9 Å². The summed E-state index contributed by atoms with van der Waals surface area (Å²) in [5.41, 5.74) is 1.40. The van der Waals surface area contributed by atoms with Gasteiger partial charge >= 0.3 is 0 Å². The van der Waals surface area contributed by atoms with Crippen LogP contribution in [-0.2, 0) is 15.7 Å². The molecule has 168 valence electrons. The molecule has 2 aliphatic rings. The Balaban J connectivity index is 1.47. The minimum Gasteiger partial charge on any atom is -0.356 e. The molecule has 7 nitrogen and oxygen atoms in total. The molecule has 0 atom stereocenters. The number of carbonyl (C=O) groups is 1. The van der Waals surface area contributed by atoms with Crippen LogP contribution >= 0.6 is 11.6 Å². The molecule has 0 spiro atoms. The molecule has 2 aromatic rings. The molecule has 1 aromatic carbocycles. The number of thiol groups is 1. The molecular weight excluding hydrogens is 436 g/mol. The lowest BCUT2D eigenvalue weighted by Gasteiger charge is -2.32. The van der Waals surface area contributed by atoms with Gasteiger partial charge in [0.15, 0.2) is 0 Å². The predicted octanol–water partition coefficient (Wildman–Crippen LogP) is 3.88. The summed E-state index contributed by atoms with van der Waals surface area (Å²) in [6.45, 7) is 1.47. The first kappa shape index (κ1) is 22.3. The van der Waals surface area contributed by atoms with Gasteiger partial charge in [0, 0.05) is 30.9 Å². The van der Waals surface area contributed by atoms with Crippen LogP contribution in [0.1, 0.15) is 51.4 Å². The van der Waals surface area contributed by atoms with Crippen molar-refractivity contribution in [3.63, 3.8) is 0 Å². The minimum atomic E-state index is -2.57. The fourth-order valence-corrected chi connectivity index (χ4v) is 5.47. The highest BCUT2D eigenvalue weighted by atomic mass is 35.5. The molecule has 0 unspecified atom stereocenters. The highest BCUT2D eigenvalue weighted by Crippen LogP contribution is 2.33. The third-order valence-corrected chi connectivity index (χ3v) is 7.27. The Morgan fingerprint density at radius 3 is 2.52 bits per heavy atom. The van der Waals surface area contributed by atoms with Crippen molar-refractivity contribution < 1.29 is 13.2 Å². The minimum absolute atomic E-state index is 0.0108. The van der Waals surface area contributed by atoms with Crippen molar-refractivity contribution in [3.05, 3.63) is 29.3 Å². The van der Waals surface area contributed by atoms with Crippen molar-refractivity contribution in [2.24, 2.45) is 5.92 Å². The van der Waals surface area contributed by atoms with Crippen LogP contribution in [0.5, 0.6) is 0 Å². The second-order valence-electron chi connectivity index (χ2n) is 8.56. The van der Waals surface area contributed by atoms with Crippen molar-refractivity contribution in [3.8, 4) is 0 Å². The largest absolute Gasteiger partial charge is 0.356 e. The Labute approximate surface area is 189 Å². The number of nitrogens with one attached hydrogen (secondary N) is 2. The van der Waals surface area contributed by atoms with E-state index in [1.165, 1.54) is 19.3 Å². The first-order valence-electron chi connectivity index (χ1n) is 11.0. The van der Waals surface area contributed by atoms with Crippen molar-refractivity contribution in [1.82, 2.24) is 9.71 Å². The summed E-state index contributed by atoms with van der Waals surface area (Å²) in [6, 6.07) is 7.53. The second-order valence-corrected chi connectivity index (χ2v) is 9.74. The van der Waals surface area contributed by atoms with E-state index in [0.29, 0.717) is 23.0 Å². The molecule has 1 aromatic heterocycles. The number of amides is 1. The van der Waals surface area contributed by atoms with E-state index in [0.717, 1.165) is 55.5 Å². The van der Waals surface area contributed by atoms with Crippen LogP contribution in [0, 0.1) is 5.92 Å². The highest BCUT2D eigenvalue weighted by Gasteiger charge is 2.22. The Morgan fingerprint density at radius 1 is 1.06 bits per heavy atom. The number of rotatable bonds is 6. The maximum atomic E-state index is 12.7. The van der Waals surface area contributed by atoms with E-state index in [4.69, 9.17) is 16.6 Å². The zero-order valence-electron chi connectivity index (χ0n) is 17.5. The van der Waals surface area contributed by atoms with Crippen LogP contribution in [0.15, 0.2) is 24.3 Å². The second kappa shape index (κ2) is 10.1. The van der Waals surface area contributed by atoms with E-state index in [9.17, 15) is 13.2 Å². The summed E-state index contributed by atoms with van der Waals surface area (Å²) < 4.78 is 24.3. The molecule has 2 heterocycles. The maximum absolute atomic E-state index is 12.7. The van der Waals surface area contributed by atoms with Gasteiger partial charge in [0.1, 0.15) is 5.82 Å². The van der Waals surface area contributed by atoms with Crippen LogP contribution in [0.25, 0.3) is 10.9 Å². The summed E-state index contributed by atoms with van der Waals surface area (Å²) >= 11 is 6.43. The lowest BCUT2D eigenvalue weighted by molar-refractivity contribution is -0.117. The summed E-state index contributed by atoms with van der Waals surface area (Å²) in [5, 5.41) is 4.37. The van der Waals surface area contributed by atoms with Crippen LogP contribution in [-0.4, -0.2) is 38.4 Å². The molecule has 2 N–H and O–H groups in total. The monoisotopic (exact) mass is 464 g/mol.